The first-order valence-corrected chi connectivity index (χ1v) is 5.97. The summed E-state index contributed by atoms with van der Waals surface area (Å²) in [6, 6.07) is 0. The van der Waals surface area contributed by atoms with E-state index in [4.69, 9.17) is 0 Å². The van der Waals surface area contributed by atoms with Crippen molar-refractivity contribution in [1.82, 2.24) is 0 Å². The Morgan fingerprint density at radius 1 is 1.31 bits per heavy atom. The Balaban J connectivity index is 1.89. The van der Waals surface area contributed by atoms with E-state index in [1.165, 1.54) is 25.7 Å². The van der Waals surface area contributed by atoms with Crippen LogP contribution in [0.3, 0.4) is 0 Å². The highest BCUT2D eigenvalue weighted by atomic mass is 16.3. The third-order valence-corrected chi connectivity index (χ3v) is 5.22. The lowest BCUT2D eigenvalue weighted by Crippen LogP contribution is -2.40. The Bertz CT molecular complexity index is 225. The van der Waals surface area contributed by atoms with Gasteiger partial charge < -0.3 is 5.11 Å². The highest BCUT2D eigenvalue weighted by Crippen LogP contribution is 2.62. The summed E-state index contributed by atoms with van der Waals surface area (Å²) in [5.41, 5.74) is -0.254. The smallest absolute Gasteiger partial charge is 0.0678 e. The second-order valence-electron chi connectivity index (χ2n) is 5.52. The first-order chi connectivity index (χ1) is 6.24. The molecule has 3 rings (SSSR count). The van der Waals surface area contributed by atoms with Gasteiger partial charge in [-0.15, -0.1) is 0 Å². The van der Waals surface area contributed by atoms with Gasteiger partial charge >= 0.3 is 0 Å². The van der Waals surface area contributed by atoms with Crippen LogP contribution in [-0.4, -0.2) is 10.7 Å². The van der Waals surface area contributed by atoms with E-state index in [1.54, 1.807) is 0 Å². The third kappa shape index (κ3) is 0.918. The Hall–Kier alpha value is -0.0400. The SMILES string of the molecule is CC[C@]1(O)C[C@@H]2C[C@H]1[C@@H]1CCC[C@H]21. The molecule has 1 N–H and O–H groups in total. The molecule has 0 radical (unpaired) electrons. The molecule has 1 heteroatoms. The molecule has 3 fully saturated rings. The van der Waals surface area contributed by atoms with Crippen molar-refractivity contribution in [3.8, 4) is 0 Å². The molecular formula is C12H20O. The predicted octanol–water partition coefficient (Wildman–Crippen LogP) is 2.58. The van der Waals surface area contributed by atoms with Gasteiger partial charge in [0.15, 0.2) is 0 Å². The number of fused-ring (bicyclic) bond motifs is 5. The molecule has 0 unspecified atom stereocenters. The van der Waals surface area contributed by atoms with Crippen LogP contribution in [-0.2, 0) is 0 Å². The lowest BCUT2D eigenvalue weighted by molar-refractivity contribution is -0.0482. The van der Waals surface area contributed by atoms with Crippen LogP contribution in [0.5, 0.6) is 0 Å². The molecule has 13 heavy (non-hydrogen) atoms. The van der Waals surface area contributed by atoms with Gasteiger partial charge in [-0.2, -0.15) is 0 Å². The van der Waals surface area contributed by atoms with Gasteiger partial charge in [-0.25, -0.2) is 0 Å². The van der Waals surface area contributed by atoms with E-state index in [-0.39, 0.29) is 5.60 Å². The zero-order chi connectivity index (χ0) is 9.05. The quantitative estimate of drug-likeness (QED) is 0.657. The van der Waals surface area contributed by atoms with Gasteiger partial charge in [0.2, 0.25) is 0 Å². The summed E-state index contributed by atoms with van der Waals surface area (Å²) < 4.78 is 0. The van der Waals surface area contributed by atoms with E-state index < -0.39 is 0 Å². The molecule has 0 aromatic rings. The maximum Gasteiger partial charge on any atom is 0.0678 e. The van der Waals surface area contributed by atoms with Crippen LogP contribution in [0.4, 0.5) is 0 Å². The van der Waals surface area contributed by atoms with Crippen molar-refractivity contribution in [1.29, 1.82) is 0 Å². The predicted molar refractivity (Wildman–Crippen MR) is 52.3 cm³/mol. The average molecular weight is 180 g/mol. The fourth-order valence-electron chi connectivity index (χ4n) is 4.64. The summed E-state index contributed by atoms with van der Waals surface area (Å²) in [7, 11) is 0. The van der Waals surface area contributed by atoms with Crippen molar-refractivity contribution in [2.24, 2.45) is 23.7 Å². The van der Waals surface area contributed by atoms with Gasteiger partial charge in [0.05, 0.1) is 5.60 Å². The van der Waals surface area contributed by atoms with E-state index in [2.05, 4.69) is 6.92 Å². The average Bonchev–Trinajstić information content (AvgIpc) is 2.72. The normalized spacial score (nSPS) is 58.6. The Morgan fingerprint density at radius 3 is 2.85 bits per heavy atom. The molecule has 0 aromatic carbocycles. The summed E-state index contributed by atoms with van der Waals surface area (Å²) in [4.78, 5) is 0. The topological polar surface area (TPSA) is 20.2 Å². The number of hydrogen-bond acceptors (Lipinski definition) is 1. The van der Waals surface area contributed by atoms with Crippen LogP contribution >= 0.6 is 0 Å². The fourth-order valence-corrected chi connectivity index (χ4v) is 4.64. The Kier molecular flexibility index (Phi) is 1.59. The zero-order valence-corrected chi connectivity index (χ0v) is 8.50. The second kappa shape index (κ2) is 2.50. The molecule has 74 valence electrons. The molecule has 0 heterocycles. The van der Waals surface area contributed by atoms with Crippen LogP contribution in [0.2, 0.25) is 0 Å². The van der Waals surface area contributed by atoms with Crippen LogP contribution in [0.1, 0.15) is 45.4 Å². The van der Waals surface area contributed by atoms with Crippen LogP contribution in [0.25, 0.3) is 0 Å². The van der Waals surface area contributed by atoms with Gasteiger partial charge in [0, 0.05) is 0 Å². The monoisotopic (exact) mass is 180 g/mol. The number of aliphatic hydroxyl groups is 1. The third-order valence-electron chi connectivity index (χ3n) is 5.22. The van der Waals surface area contributed by atoms with Crippen LogP contribution < -0.4 is 0 Å². The highest BCUT2D eigenvalue weighted by Gasteiger charge is 2.59. The summed E-state index contributed by atoms with van der Waals surface area (Å²) >= 11 is 0. The molecule has 5 atom stereocenters. The molecule has 0 spiro atoms. The van der Waals surface area contributed by atoms with E-state index in [1.807, 2.05) is 0 Å². The minimum atomic E-state index is -0.254. The maximum absolute atomic E-state index is 10.4. The molecule has 3 aliphatic rings. The summed E-state index contributed by atoms with van der Waals surface area (Å²) in [6.07, 6.45) is 7.76. The maximum atomic E-state index is 10.4. The lowest BCUT2D eigenvalue weighted by atomic mass is 9.72. The largest absolute Gasteiger partial charge is 0.390 e. The van der Waals surface area contributed by atoms with Crippen LogP contribution in [0, 0.1) is 23.7 Å². The fraction of sp³-hybridized carbons (Fsp3) is 1.00. The molecular weight excluding hydrogens is 160 g/mol. The van der Waals surface area contributed by atoms with E-state index in [0.29, 0.717) is 5.92 Å². The minimum absolute atomic E-state index is 0.254. The number of hydrogen-bond donors (Lipinski definition) is 1. The van der Waals surface area contributed by atoms with Crippen molar-refractivity contribution in [2.45, 2.75) is 51.0 Å². The molecule has 0 amide bonds. The second-order valence-corrected chi connectivity index (χ2v) is 5.52. The molecule has 0 aromatic heterocycles. The van der Waals surface area contributed by atoms with Gasteiger partial charge in [-0.3, -0.25) is 0 Å². The first kappa shape index (κ1) is 8.28. The van der Waals surface area contributed by atoms with Gasteiger partial charge in [0.1, 0.15) is 0 Å². The molecule has 1 nitrogen and oxygen atoms in total. The van der Waals surface area contributed by atoms with Gasteiger partial charge in [0.25, 0.3) is 0 Å². The van der Waals surface area contributed by atoms with E-state index in [9.17, 15) is 5.11 Å². The van der Waals surface area contributed by atoms with Crippen LogP contribution in [0.15, 0.2) is 0 Å². The van der Waals surface area contributed by atoms with Crippen molar-refractivity contribution in [2.75, 3.05) is 0 Å². The number of rotatable bonds is 1. The van der Waals surface area contributed by atoms with Gasteiger partial charge in [-0.1, -0.05) is 13.3 Å². The standard InChI is InChI=1S/C12H20O/c1-2-12(13)7-8-6-11(12)10-5-3-4-9(8)10/h8-11,13H,2-7H2,1H3/t8-,9+,10+,11-,12-/m0/s1. The van der Waals surface area contributed by atoms with Crippen molar-refractivity contribution < 1.29 is 5.11 Å². The van der Waals surface area contributed by atoms with Crippen molar-refractivity contribution in [3.63, 3.8) is 0 Å². The highest BCUT2D eigenvalue weighted by molar-refractivity contribution is 5.09. The Labute approximate surface area is 80.5 Å². The van der Waals surface area contributed by atoms with E-state index in [0.717, 1.165) is 30.6 Å². The first-order valence-electron chi connectivity index (χ1n) is 5.97. The molecule has 3 aliphatic carbocycles. The van der Waals surface area contributed by atoms with Crippen molar-refractivity contribution >= 4 is 0 Å². The summed E-state index contributed by atoms with van der Waals surface area (Å²) in [5.74, 6) is 3.48. The molecule has 3 saturated carbocycles. The lowest BCUT2D eigenvalue weighted by Gasteiger charge is -2.38. The van der Waals surface area contributed by atoms with Gasteiger partial charge in [-0.05, 0) is 55.8 Å². The summed E-state index contributed by atoms with van der Waals surface area (Å²) in [6.45, 7) is 2.16. The zero-order valence-electron chi connectivity index (χ0n) is 8.50. The molecule has 0 saturated heterocycles. The minimum Gasteiger partial charge on any atom is -0.390 e. The molecule has 2 bridgehead atoms. The van der Waals surface area contributed by atoms with Crippen molar-refractivity contribution in [3.05, 3.63) is 0 Å². The van der Waals surface area contributed by atoms with E-state index >= 15 is 0 Å². The molecule has 0 aliphatic heterocycles. The Morgan fingerprint density at radius 2 is 2.08 bits per heavy atom. The summed E-state index contributed by atoms with van der Waals surface area (Å²) in [5, 5.41) is 10.4.